The lowest BCUT2D eigenvalue weighted by Gasteiger charge is -2.16. The second kappa shape index (κ2) is 3.96. The summed E-state index contributed by atoms with van der Waals surface area (Å²) in [6.07, 6.45) is 1.87. The van der Waals surface area contributed by atoms with Gasteiger partial charge in [0.25, 0.3) is 0 Å². The van der Waals surface area contributed by atoms with E-state index in [0.29, 0.717) is 0 Å². The molecule has 0 aromatic rings. The van der Waals surface area contributed by atoms with E-state index in [0.717, 1.165) is 12.8 Å². The van der Waals surface area contributed by atoms with E-state index in [1.165, 1.54) is 0 Å². The van der Waals surface area contributed by atoms with Crippen LogP contribution in [0.1, 0.15) is 47.5 Å². The summed E-state index contributed by atoms with van der Waals surface area (Å²) in [4.78, 5) is 0. The van der Waals surface area contributed by atoms with Gasteiger partial charge in [-0.25, -0.2) is 0 Å². The van der Waals surface area contributed by atoms with Gasteiger partial charge in [0.15, 0.2) is 0 Å². The quantitative estimate of drug-likeness (QED) is 0.628. The van der Waals surface area contributed by atoms with E-state index in [1.54, 1.807) is 0 Å². The molecule has 0 aliphatic heterocycles. The molecular formula is C11H21N. The lowest BCUT2D eigenvalue weighted by Crippen LogP contribution is -2.31. The molecule has 0 saturated heterocycles. The summed E-state index contributed by atoms with van der Waals surface area (Å²) in [6, 6.07) is 0. The molecule has 1 heteroatoms. The summed E-state index contributed by atoms with van der Waals surface area (Å²) < 4.78 is 0. The Hall–Kier alpha value is -0.480. The minimum Gasteiger partial charge on any atom is -0.326 e. The molecule has 0 atom stereocenters. The molecule has 0 spiro atoms. The molecule has 12 heavy (non-hydrogen) atoms. The van der Waals surface area contributed by atoms with Gasteiger partial charge in [-0.15, -0.1) is 5.92 Å². The molecule has 0 aromatic heterocycles. The van der Waals surface area contributed by atoms with E-state index < -0.39 is 0 Å². The Labute approximate surface area is 76.7 Å². The highest BCUT2D eigenvalue weighted by molar-refractivity contribution is 5.07. The van der Waals surface area contributed by atoms with E-state index in [-0.39, 0.29) is 11.0 Å². The summed E-state index contributed by atoms with van der Waals surface area (Å²) >= 11 is 0. The van der Waals surface area contributed by atoms with Gasteiger partial charge in [-0.05, 0) is 41.0 Å². The molecule has 0 bridgehead atoms. The van der Waals surface area contributed by atoms with Gasteiger partial charge >= 0.3 is 0 Å². The van der Waals surface area contributed by atoms with E-state index in [1.807, 2.05) is 13.8 Å². The first kappa shape index (κ1) is 11.5. The molecule has 0 saturated carbocycles. The third kappa shape index (κ3) is 9.52. The number of hydrogen-bond donors (Lipinski definition) is 1. The van der Waals surface area contributed by atoms with E-state index in [4.69, 9.17) is 5.73 Å². The van der Waals surface area contributed by atoms with Crippen LogP contribution >= 0.6 is 0 Å². The minimum absolute atomic E-state index is 0.0768. The van der Waals surface area contributed by atoms with Crippen LogP contribution < -0.4 is 5.73 Å². The van der Waals surface area contributed by atoms with Crippen LogP contribution in [0.2, 0.25) is 0 Å². The SMILES string of the molecule is CC(C)(C)C#CCCC(C)(C)N. The van der Waals surface area contributed by atoms with Crippen molar-refractivity contribution in [2.75, 3.05) is 0 Å². The second-order valence-electron chi connectivity index (χ2n) is 5.04. The maximum Gasteiger partial charge on any atom is 0.0230 e. The van der Waals surface area contributed by atoms with Gasteiger partial charge in [-0.3, -0.25) is 0 Å². The van der Waals surface area contributed by atoms with Crippen molar-refractivity contribution in [3.63, 3.8) is 0 Å². The standard InChI is InChI=1S/C11H21N/c1-10(2,3)8-6-7-9-11(4,5)12/h7,9,12H2,1-5H3. The van der Waals surface area contributed by atoms with E-state index in [9.17, 15) is 0 Å². The van der Waals surface area contributed by atoms with Crippen molar-refractivity contribution in [3.8, 4) is 11.8 Å². The molecule has 1 nitrogen and oxygen atoms in total. The predicted molar refractivity (Wildman–Crippen MR) is 54.7 cm³/mol. The Bertz CT molecular complexity index is 180. The lowest BCUT2D eigenvalue weighted by molar-refractivity contribution is 0.483. The highest BCUT2D eigenvalue weighted by Crippen LogP contribution is 2.11. The van der Waals surface area contributed by atoms with Crippen molar-refractivity contribution in [2.24, 2.45) is 11.1 Å². The fourth-order valence-electron chi connectivity index (χ4n) is 0.712. The smallest absolute Gasteiger partial charge is 0.0230 e. The second-order valence-corrected chi connectivity index (χ2v) is 5.04. The lowest BCUT2D eigenvalue weighted by atomic mass is 9.96. The molecule has 0 rings (SSSR count). The van der Waals surface area contributed by atoms with Crippen LogP contribution in [0.4, 0.5) is 0 Å². The van der Waals surface area contributed by atoms with Gasteiger partial charge in [0.2, 0.25) is 0 Å². The predicted octanol–water partition coefficient (Wildman–Crippen LogP) is 2.55. The average Bonchev–Trinajstić information content (AvgIpc) is 1.76. The van der Waals surface area contributed by atoms with Crippen molar-refractivity contribution < 1.29 is 0 Å². The normalized spacial score (nSPS) is 12.2. The van der Waals surface area contributed by atoms with Crippen LogP contribution in [-0.4, -0.2) is 5.54 Å². The molecule has 0 aliphatic rings. The zero-order valence-electron chi connectivity index (χ0n) is 8.99. The third-order valence-electron chi connectivity index (χ3n) is 1.36. The Morgan fingerprint density at radius 2 is 1.58 bits per heavy atom. The first-order valence-corrected chi connectivity index (χ1v) is 4.50. The fourth-order valence-corrected chi connectivity index (χ4v) is 0.712. The maximum absolute atomic E-state index is 5.82. The molecule has 0 unspecified atom stereocenters. The van der Waals surface area contributed by atoms with Crippen molar-refractivity contribution in [1.82, 2.24) is 0 Å². The summed E-state index contributed by atoms with van der Waals surface area (Å²) in [7, 11) is 0. The van der Waals surface area contributed by atoms with Gasteiger partial charge in [-0.2, -0.15) is 0 Å². The fraction of sp³-hybridized carbons (Fsp3) is 0.818. The highest BCUT2D eigenvalue weighted by atomic mass is 14.7. The van der Waals surface area contributed by atoms with Crippen LogP contribution in [-0.2, 0) is 0 Å². The maximum atomic E-state index is 5.82. The number of hydrogen-bond acceptors (Lipinski definition) is 1. The molecule has 0 heterocycles. The van der Waals surface area contributed by atoms with Crippen molar-refractivity contribution in [3.05, 3.63) is 0 Å². The molecule has 0 fully saturated rings. The topological polar surface area (TPSA) is 26.0 Å². The number of nitrogens with two attached hydrogens (primary N) is 1. The van der Waals surface area contributed by atoms with Crippen LogP contribution in [0.25, 0.3) is 0 Å². The monoisotopic (exact) mass is 167 g/mol. The third-order valence-corrected chi connectivity index (χ3v) is 1.36. The Balaban J connectivity index is 3.75. The average molecular weight is 167 g/mol. The first-order chi connectivity index (χ1) is 5.21. The number of rotatable bonds is 2. The first-order valence-electron chi connectivity index (χ1n) is 4.50. The zero-order chi connectivity index (χ0) is 9.83. The molecule has 0 radical (unpaired) electrons. The molecule has 0 aliphatic carbocycles. The molecule has 2 N–H and O–H groups in total. The minimum atomic E-state index is -0.0768. The van der Waals surface area contributed by atoms with Gasteiger partial charge in [0, 0.05) is 17.4 Å². The molecular weight excluding hydrogens is 146 g/mol. The van der Waals surface area contributed by atoms with Crippen LogP contribution in [0.15, 0.2) is 0 Å². The summed E-state index contributed by atoms with van der Waals surface area (Å²) in [5.74, 6) is 6.34. The largest absolute Gasteiger partial charge is 0.326 e. The zero-order valence-corrected chi connectivity index (χ0v) is 8.99. The van der Waals surface area contributed by atoms with Gasteiger partial charge in [-0.1, -0.05) is 5.92 Å². The van der Waals surface area contributed by atoms with Gasteiger partial charge < -0.3 is 5.73 Å². The Kier molecular flexibility index (Phi) is 3.80. The molecule has 0 amide bonds. The van der Waals surface area contributed by atoms with Crippen molar-refractivity contribution >= 4 is 0 Å². The van der Waals surface area contributed by atoms with E-state index in [2.05, 4.69) is 32.6 Å². The molecule has 70 valence electrons. The Morgan fingerprint density at radius 1 is 1.08 bits per heavy atom. The van der Waals surface area contributed by atoms with Gasteiger partial charge in [0.05, 0.1) is 0 Å². The summed E-state index contributed by atoms with van der Waals surface area (Å²) in [5.41, 5.74) is 5.86. The Morgan fingerprint density at radius 3 is 1.92 bits per heavy atom. The van der Waals surface area contributed by atoms with Crippen LogP contribution in [0.5, 0.6) is 0 Å². The summed E-state index contributed by atoms with van der Waals surface area (Å²) in [5, 5.41) is 0. The van der Waals surface area contributed by atoms with Crippen molar-refractivity contribution in [1.29, 1.82) is 0 Å². The van der Waals surface area contributed by atoms with Gasteiger partial charge in [0.1, 0.15) is 0 Å². The van der Waals surface area contributed by atoms with Crippen molar-refractivity contribution in [2.45, 2.75) is 53.0 Å². The summed E-state index contributed by atoms with van der Waals surface area (Å²) in [6.45, 7) is 10.4. The van der Waals surface area contributed by atoms with Crippen LogP contribution in [0, 0.1) is 17.3 Å². The highest BCUT2D eigenvalue weighted by Gasteiger charge is 2.08. The molecule has 0 aromatic carbocycles. The van der Waals surface area contributed by atoms with Crippen LogP contribution in [0.3, 0.4) is 0 Å². The van der Waals surface area contributed by atoms with E-state index >= 15 is 0 Å².